The fourth-order valence-corrected chi connectivity index (χ4v) is 4.86. The molecule has 2 fully saturated rings. The lowest BCUT2D eigenvalue weighted by Crippen LogP contribution is -2.43. The Kier molecular flexibility index (Phi) is 4.23. The lowest BCUT2D eigenvalue weighted by atomic mass is 9.92. The van der Waals surface area contributed by atoms with Gasteiger partial charge in [-0.05, 0) is 35.7 Å². The molecule has 2 aromatic carbocycles. The van der Waals surface area contributed by atoms with Crippen molar-refractivity contribution in [3.05, 3.63) is 64.7 Å². The summed E-state index contributed by atoms with van der Waals surface area (Å²) in [5, 5.41) is 0.735. The molecule has 4 nitrogen and oxygen atoms in total. The normalized spacial score (nSPS) is 27.2. The second-order valence-corrected chi connectivity index (χ2v) is 8.14. The zero-order valence-electron chi connectivity index (χ0n) is 15.2. The van der Waals surface area contributed by atoms with E-state index >= 15 is 0 Å². The minimum atomic E-state index is -0.380. The molecule has 2 aliphatic heterocycles. The Bertz CT molecular complexity index is 863. The van der Waals surface area contributed by atoms with E-state index in [1.165, 1.54) is 11.1 Å². The van der Waals surface area contributed by atoms with Crippen molar-refractivity contribution in [1.29, 1.82) is 0 Å². The summed E-state index contributed by atoms with van der Waals surface area (Å²) in [5.41, 5.74) is 3.11. The minimum absolute atomic E-state index is 0.247. The van der Waals surface area contributed by atoms with E-state index in [2.05, 4.69) is 35.2 Å². The van der Waals surface area contributed by atoms with E-state index in [1.807, 2.05) is 23.1 Å². The molecule has 1 amide bonds. The average molecular weight is 383 g/mol. The van der Waals surface area contributed by atoms with Crippen molar-refractivity contribution in [2.45, 2.75) is 17.8 Å². The Labute approximate surface area is 164 Å². The number of carbonyl (C=O) groups excluding carboxylic acids is 1. The van der Waals surface area contributed by atoms with E-state index in [4.69, 9.17) is 16.3 Å². The molecule has 0 radical (unpaired) electrons. The molecule has 1 spiro atoms. The summed E-state index contributed by atoms with van der Waals surface area (Å²) in [6, 6.07) is 16.3. The third kappa shape index (κ3) is 2.78. The van der Waals surface area contributed by atoms with Crippen LogP contribution in [0.2, 0.25) is 5.02 Å². The smallest absolute Gasteiger partial charge is 0.238 e. The fraction of sp³-hybridized carbons (Fsp3) is 0.409. The Morgan fingerprint density at radius 1 is 1.04 bits per heavy atom. The summed E-state index contributed by atoms with van der Waals surface area (Å²) in [5.74, 6) is 0.508. The highest BCUT2D eigenvalue weighted by atomic mass is 35.5. The molecule has 0 bridgehead atoms. The first-order chi connectivity index (χ1) is 13.2. The van der Waals surface area contributed by atoms with Crippen LogP contribution < -0.4 is 4.90 Å². The molecule has 2 unspecified atom stereocenters. The summed E-state index contributed by atoms with van der Waals surface area (Å²) in [7, 11) is 0. The van der Waals surface area contributed by atoms with Gasteiger partial charge in [0.25, 0.3) is 0 Å². The maximum atomic E-state index is 13.5. The largest absolute Gasteiger partial charge is 0.379 e. The van der Waals surface area contributed by atoms with Crippen molar-refractivity contribution < 1.29 is 9.53 Å². The van der Waals surface area contributed by atoms with Crippen LogP contribution in [-0.4, -0.2) is 50.2 Å². The number of para-hydroxylation sites is 1. The summed E-state index contributed by atoms with van der Waals surface area (Å²) in [6.45, 7) is 5.10. The minimum Gasteiger partial charge on any atom is -0.379 e. The number of nitrogens with zero attached hydrogens (tertiary/aromatic N) is 2. The SMILES string of the molecule is O=C1N(CCN2CCOCC2)c2ccccc2C12CC2c1ccc(Cl)cc1. The van der Waals surface area contributed by atoms with E-state index in [0.717, 1.165) is 56.5 Å². The number of carbonyl (C=O) groups is 1. The lowest BCUT2D eigenvalue weighted by molar-refractivity contribution is -0.120. The summed E-state index contributed by atoms with van der Waals surface area (Å²) in [6.07, 6.45) is 0.887. The van der Waals surface area contributed by atoms with Crippen LogP contribution in [0.5, 0.6) is 0 Å². The highest BCUT2D eigenvalue weighted by Gasteiger charge is 2.66. The Morgan fingerprint density at radius 3 is 2.56 bits per heavy atom. The summed E-state index contributed by atoms with van der Waals surface area (Å²) in [4.78, 5) is 17.9. The number of halogens is 1. The van der Waals surface area contributed by atoms with Gasteiger partial charge in [0.15, 0.2) is 0 Å². The van der Waals surface area contributed by atoms with Gasteiger partial charge in [0.1, 0.15) is 0 Å². The van der Waals surface area contributed by atoms with E-state index in [-0.39, 0.29) is 17.2 Å². The molecule has 2 aromatic rings. The third-order valence-corrected chi connectivity index (χ3v) is 6.53. The van der Waals surface area contributed by atoms with Crippen LogP contribution in [0.15, 0.2) is 48.5 Å². The van der Waals surface area contributed by atoms with Crippen LogP contribution in [-0.2, 0) is 14.9 Å². The van der Waals surface area contributed by atoms with Gasteiger partial charge in [0.2, 0.25) is 5.91 Å². The number of fused-ring (bicyclic) bond motifs is 2. The van der Waals surface area contributed by atoms with Gasteiger partial charge in [-0.25, -0.2) is 0 Å². The molecule has 5 rings (SSSR count). The first-order valence-corrected chi connectivity index (χ1v) is 10.0. The van der Waals surface area contributed by atoms with Crippen LogP contribution in [0.3, 0.4) is 0 Å². The molecule has 3 aliphatic rings. The molecule has 5 heteroatoms. The number of rotatable bonds is 4. The highest BCUT2D eigenvalue weighted by molar-refractivity contribution is 6.30. The van der Waals surface area contributed by atoms with Crippen LogP contribution in [0.25, 0.3) is 0 Å². The van der Waals surface area contributed by atoms with Crippen molar-refractivity contribution in [3.8, 4) is 0 Å². The van der Waals surface area contributed by atoms with Crippen molar-refractivity contribution in [1.82, 2.24) is 4.90 Å². The molecule has 2 atom stereocenters. The molecule has 27 heavy (non-hydrogen) atoms. The third-order valence-electron chi connectivity index (χ3n) is 6.28. The van der Waals surface area contributed by atoms with Gasteiger partial charge < -0.3 is 9.64 Å². The van der Waals surface area contributed by atoms with Gasteiger partial charge in [-0.1, -0.05) is 41.9 Å². The monoisotopic (exact) mass is 382 g/mol. The standard InChI is InChI=1S/C22H23ClN2O2/c23-17-7-5-16(6-8-17)19-15-22(19)18-3-1-2-4-20(18)25(21(22)26)10-9-24-11-13-27-14-12-24/h1-8,19H,9-15H2. The highest BCUT2D eigenvalue weighted by Crippen LogP contribution is 2.66. The first kappa shape index (κ1) is 17.2. The topological polar surface area (TPSA) is 32.8 Å². The molecule has 1 saturated heterocycles. The number of anilines is 1. The Morgan fingerprint density at radius 2 is 1.78 bits per heavy atom. The van der Waals surface area contributed by atoms with E-state index in [1.54, 1.807) is 0 Å². The first-order valence-electron chi connectivity index (χ1n) is 9.67. The second-order valence-electron chi connectivity index (χ2n) is 7.71. The number of amides is 1. The molecule has 0 aromatic heterocycles. The Balaban J connectivity index is 1.41. The van der Waals surface area contributed by atoms with Crippen LogP contribution in [0.1, 0.15) is 23.5 Å². The summed E-state index contributed by atoms with van der Waals surface area (Å²) < 4.78 is 5.43. The number of hydrogen-bond donors (Lipinski definition) is 0. The zero-order chi connectivity index (χ0) is 18.4. The molecular formula is C22H23ClN2O2. The molecular weight excluding hydrogens is 360 g/mol. The molecule has 2 heterocycles. The molecule has 1 aliphatic carbocycles. The van der Waals surface area contributed by atoms with E-state index in [9.17, 15) is 4.79 Å². The van der Waals surface area contributed by atoms with Gasteiger partial charge in [-0.3, -0.25) is 9.69 Å². The molecule has 140 valence electrons. The van der Waals surface area contributed by atoms with Gasteiger partial charge in [-0.2, -0.15) is 0 Å². The van der Waals surface area contributed by atoms with Gasteiger partial charge in [-0.15, -0.1) is 0 Å². The van der Waals surface area contributed by atoms with Crippen LogP contribution in [0, 0.1) is 0 Å². The predicted octanol–water partition coefficient (Wildman–Crippen LogP) is 3.44. The predicted molar refractivity (Wildman–Crippen MR) is 107 cm³/mol. The van der Waals surface area contributed by atoms with Crippen LogP contribution in [0.4, 0.5) is 5.69 Å². The number of morpholine rings is 1. The van der Waals surface area contributed by atoms with Crippen molar-refractivity contribution in [2.75, 3.05) is 44.3 Å². The molecule has 1 saturated carbocycles. The van der Waals surface area contributed by atoms with Crippen molar-refractivity contribution >= 4 is 23.2 Å². The van der Waals surface area contributed by atoms with Gasteiger partial charge >= 0.3 is 0 Å². The quantitative estimate of drug-likeness (QED) is 0.812. The Hall–Kier alpha value is -1.88. The van der Waals surface area contributed by atoms with Crippen molar-refractivity contribution in [2.24, 2.45) is 0 Å². The van der Waals surface area contributed by atoms with E-state index < -0.39 is 0 Å². The average Bonchev–Trinajstić information content (AvgIpc) is 3.41. The van der Waals surface area contributed by atoms with E-state index in [0.29, 0.717) is 0 Å². The summed E-state index contributed by atoms with van der Waals surface area (Å²) >= 11 is 6.05. The maximum Gasteiger partial charge on any atom is 0.238 e. The fourth-order valence-electron chi connectivity index (χ4n) is 4.73. The van der Waals surface area contributed by atoms with Crippen LogP contribution >= 0.6 is 11.6 Å². The maximum absolute atomic E-state index is 13.5. The number of benzene rings is 2. The van der Waals surface area contributed by atoms with Crippen molar-refractivity contribution in [3.63, 3.8) is 0 Å². The molecule has 0 N–H and O–H groups in total. The number of ether oxygens (including phenoxy) is 1. The van der Waals surface area contributed by atoms with Gasteiger partial charge in [0, 0.05) is 42.8 Å². The second kappa shape index (κ2) is 6.62. The number of hydrogen-bond acceptors (Lipinski definition) is 3. The lowest BCUT2D eigenvalue weighted by Gasteiger charge is -2.29. The van der Waals surface area contributed by atoms with Gasteiger partial charge in [0.05, 0.1) is 18.6 Å². The zero-order valence-corrected chi connectivity index (χ0v) is 16.0.